The van der Waals surface area contributed by atoms with E-state index in [2.05, 4.69) is 167 Å². The van der Waals surface area contributed by atoms with Gasteiger partial charge < -0.3 is 5.11 Å². The molecule has 6 aromatic rings. The van der Waals surface area contributed by atoms with Gasteiger partial charge in [0.1, 0.15) is 11.6 Å². The zero-order chi connectivity index (χ0) is 35.0. The lowest BCUT2D eigenvalue weighted by molar-refractivity contribution is 0.446. The Morgan fingerprint density at radius 2 is 1.15 bits per heavy atom. The minimum absolute atomic E-state index is 0.0209. The number of hydrogen-bond donors (Lipinski definition) is 1. The number of phenolic OH excluding ortho intramolecular Hbond substituents is 1. The Balaban J connectivity index is 1.67. The van der Waals surface area contributed by atoms with E-state index in [4.69, 9.17) is 9.97 Å². The maximum atomic E-state index is 11.9. The Kier molecular flexibility index (Phi) is 7.90. The molecule has 0 saturated heterocycles. The molecule has 0 saturated carbocycles. The van der Waals surface area contributed by atoms with Crippen molar-refractivity contribution in [3.8, 4) is 34.1 Å². The second-order valence-corrected chi connectivity index (χ2v) is 17.5. The fourth-order valence-corrected chi connectivity index (χ4v) is 6.47. The summed E-state index contributed by atoms with van der Waals surface area (Å²) in [4.78, 5) is 10.2. The maximum absolute atomic E-state index is 11.9. The zero-order valence-corrected chi connectivity index (χ0v) is 30.9. The zero-order valence-electron chi connectivity index (χ0n) is 30.9. The second-order valence-electron chi connectivity index (χ2n) is 17.5. The van der Waals surface area contributed by atoms with Crippen LogP contribution in [0.15, 0.2) is 85.1 Å². The molecule has 4 nitrogen and oxygen atoms in total. The highest BCUT2D eigenvalue weighted by Crippen LogP contribution is 2.43. The van der Waals surface area contributed by atoms with Gasteiger partial charge in [-0.05, 0) is 80.8 Å². The molecule has 0 bridgehead atoms. The van der Waals surface area contributed by atoms with E-state index in [9.17, 15) is 5.11 Å². The second kappa shape index (κ2) is 11.3. The van der Waals surface area contributed by atoms with Gasteiger partial charge in [0.2, 0.25) is 0 Å². The van der Waals surface area contributed by atoms with Crippen LogP contribution in [0.4, 0.5) is 0 Å². The Labute approximate surface area is 286 Å². The largest absolute Gasteiger partial charge is 0.507 e. The fraction of sp³-hybridized carbons (Fsp3) is 0.364. The van der Waals surface area contributed by atoms with Crippen LogP contribution in [0.25, 0.3) is 50.1 Å². The molecule has 0 amide bonds. The van der Waals surface area contributed by atoms with Crippen LogP contribution in [0.2, 0.25) is 0 Å². The molecule has 0 fully saturated rings. The van der Waals surface area contributed by atoms with Gasteiger partial charge in [0.25, 0.3) is 0 Å². The van der Waals surface area contributed by atoms with E-state index in [1.807, 2.05) is 6.20 Å². The maximum Gasteiger partial charge on any atom is 0.138 e. The van der Waals surface area contributed by atoms with Crippen LogP contribution in [0, 0.1) is 0 Å². The highest BCUT2D eigenvalue weighted by molar-refractivity contribution is 6.10. The molecule has 6 rings (SSSR count). The molecule has 3 heterocycles. The summed E-state index contributed by atoms with van der Waals surface area (Å²) in [5, 5.41) is 14.3. The van der Waals surface area contributed by atoms with Gasteiger partial charge in [0, 0.05) is 33.7 Å². The number of phenols is 1. The van der Waals surface area contributed by atoms with Gasteiger partial charge >= 0.3 is 0 Å². The van der Waals surface area contributed by atoms with E-state index in [-0.39, 0.29) is 21.7 Å². The molecule has 0 unspecified atom stereocenters. The summed E-state index contributed by atoms with van der Waals surface area (Å²) >= 11 is 0. The number of aromatic hydroxyl groups is 1. The minimum atomic E-state index is -0.244. The van der Waals surface area contributed by atoms with Gasteiger partial charge in [-0.2, -0.15) is 0 Å². The molecular weight excluding hydrogens is 587 g/mol. The van der Waals surface area contributed by atoms with Gasteiger partial charge in [-0.3, -0.25) is 9.55 Å². The molecule has 0 radical (unpaired) electrons. The van der Waals surface area contributed by atoms with Crippen LogP contribution < -0.4 is 0 Å². The van der Waals surface area contributed by atoms with Crippen LogP contribution in [0.3, 0.4) is 0 Å². The summed E-state index contributed by atoms with van der Waals surface area (Å²) in [5.74, 6) is 1.13. The molecule has 0 aliphatic carbocycles. The first-order valence-corrected chi connectivity index (χ1v) is 17.1. The number of nitrogens with zero attached hydrogens (tertiary/aromatic N) is 3. The SMILES string of the molecule is CC(C)(C)c1ccnc(-c2ccc3c4ccccc4n(-c4cc(C(C)(C)C)cc(-c5cc(C(C)(C)C)cc(C(C)(C)C)c5O)n4)c3c2)c1. The molecule has 3 aromatic carbocycles. The predicted molar refractivity (Wildman–Crippen MR) is 204 cm³/mol. The van der Waals surface area contributed by atoms with E-state index in [1.165, 1.54) is 21.9 Å². The van der Waals surface area contributed by atoms with Crippen molar-refractivity contribution >= 4 is 21.8 Å². The van der Waals surface area contributed by atoms with Crippen LogP contribution in [-0.2, 0) is 21.7 Å². The minimum Gasteiger partial charge on any atom is -0.507 e. The number of fused-ring (bicyclic) bond motifs is 3. The summed E-state index contributed by atoms with van der Waals surface area (Å²) in [6.07, 6.45) is 1.92. The summed E-state index contributed by atoms with van der Waals surface area (Å²) in [6, 6.07) is 28.2. The van der Waals surface area contributed by atoms with Crippen LogP contribution in [-0.4, -0.2) is 19.6 Å². The average molecular weight is 638 g/mol. The Hall–Kier alpha value is -4.44. The number of hydrogen-bond acceptors (Lipinski definition) is 3. The third-order valence-corrected chi connectivity index (χ3v) is 9.56. The first-order chi connectivity index (χ1) is 22.2. The molecule has 0 atom stereocenters. The van der Waals surface area contributed by atoms with Gasteiger partial charge in [-0.1, -0.05) is 119 Å². The van der Waals surface area contributed by atoms with Gasteiger partial charge in [0.05, 0.1) is 22.4 Å². The Bertz CT molecular complexity index is 2170. The van der Waals surface area contributed by atoms with E-state index < -0.39 is 0 Å². The Morgan fingerprint density at radius 3 is 1.79 bits per heavy atom. The highest BCUT2D eigenvalue weighted by atomic mass is 16.3. The Morgan fingerprint density at radius 1 is 0.542 bits per heavy atom. The predicted octanol–water partition coefficient (Wildman–Crippen LogP) is 11.8. The first-order valence-electron chi connectivity index (χ1n) is 17.1. The van der Waals surface area contributed by atoms with E-state index in [0.717, 1.165) is 50.5 Å². The molecule has 248 valence electrons. The molecule has 4 heteroatoms. The van der Waals surface area contributed by atoms with Crippen molar-refractivity contribution in [2.24, 2.45) is 0 Å². The summed E-state index contributed by atoms with van der Waals surface area (Å²) in [7, 11) is 0. The van der Waals surface area contributed by atoms with Gasteiger partial charge in [-0.25, -0.2) is 4.98 Å². The molecule has 0 aliphatic rings. The average Bonchev–Trinajstić information content (AvgIpc) is 3.32. The van der Waals surface area contributed by atoms with Crippen LogP contribution >= 0.6 is 0 Å². The van der Waals surface area contributed by atoms with Crippen molar-refractivity contribution in [2.75, 3.05) is 0 Å². The molecule has 0 spiro atoms. The molecular formula is C44H51N3O. The molecule has 0 aliphatic heterocycles. The van der Waals surface area contributed by atoms with Crippen molar-refractivity contribution < 1.29 is 5.11 Å². The lowest BCUT2D eigenvalue weighted by Gasteiger charge is -2.28. The number of rotatable bonds is 3. The van der Waals surface area contributed by atoms with Crippen molar-refractivity contribution in [1.82, 2.24) is 14.5 Å². The van der Waals surface area contributed by atoms with Gasteiger partial charge in [-0.15, -0.1) is 0 Å². The number of aromatic nitrogens is 3. The van der Waals surface area contributed by atoms with Crippen LogP contribution in [0.1, 0.15) is 105 Å². The monoisotopic (exact) mass is 637 g/mol. The van der Waals surface area contributed by atoms with Gasteiger partial charge in [0.15, 0.2) is 0 Å². The third kappa shape index (κ3) is 6.14. The molecule has 3 aromatic heterocycles. The molecule has 48 heavy (non-hydrogen) atoms. The first kappa shape index (κ1) is 33.5. The smallest absolute Gasteiger partial charge is 0.138 e. The van der Waals surface area contributed by atoms with E-state index in [0.29, 0.717) is 5.75 Å². The number of pyridine rings is 2. The fourth-order valence-electron chi connectivity index (χ4n) is 6.47. The highest BCUT2D eigenvalue weighted by Gasteiger charge is 2.28. The molecule has 1 N–H and O–H groups in total. The van der Waals surface area contributed by atoms with Crippen molar-refractivity contribution in [3.63, 3.8) is 0 Å². The third-order valence-electron chi connectivity index (χ3n) is 9.56. The van der Waals surface area contributed by atoms with E-state index in [1.54, 1.807) is 0 Å². The van der Waals surface area contributed by atoms with Crippen molar-refractivity contribution in [2.45, 2.75) is 105 Å². The van der Waals surface area contributed by atoms with Crippen molar-refractivity contribution in [1.29, 1.82) is 0 Å². The standard InChI is InChI=1S/C44H51N3O/c1-41(2,3)28-19-20-45-35(24-28)27-17-18-32-31-15-13-14-16-37(31)47(38(32)21-27)39-26-30(43(7,8)9)25-36(46-39)33-22-29(42(4,5)6)23-34(40(33)48)44(10,11)12/h13-26,48H,1-12H3. The van der Waals surface area contributed by atoms with Crippen LogP contribution in [0.5, 0.6) is 5.75 Å². The van der Waals surface area contributed by atoms with E-state index >= 15 is 0 Å². The topological polar surface area (TPSA) is 50.9 Å². The normalized spacial score (nSPS) is 13.1. The van der Waals surface area contributed by atoms with Crippen molar-refractivity contribution in [3.05, 3.63) is 107 Å². The summed E-state index contributed by atoms with van der Waals surface area (Å²) in [6.45, 7) is 26.6. The summed E-state index contributed by atoms with van der Waals surface area (Å²) in [5.41, 5.74) is 9.76. The quantitative estimate of drug-likeness (QED) is 0.210. The lowest BCUT2D eigenvalue weighted by Crippen LogP contribution is -2.17. The summed E-state index contributed by atoms with van der Waals surface area (Å²) < 4.78 is 2.29. The number of para-hydroxylation sites is 1. The number of benzene rings is 3. The lowest BCUT2D eigenvalue weighted by atomic mass is 9.78.